The van der Waals surface area contributed by atoms with Crippen LogP contribution in [0.5, 0.6) is 0 Å². The Hall–Kier alpha value is -1.51. The maximum atomic E-state index is 14.0. The molecule has 3 saturated heterocycles. The van der Waals surface area contributed by atoms with E-state index in [1.54, 1.807) is 0 Å². The third-order valence-corrected chi connectivity index (χ3v) is 7.12. The standard InChI is InChI=1S/C22H30F7N5O/c23-12-8-6-11(7-9-12)16-5-3-1-2-4-13(21(24,25)26)19-33-34-20(35-19)17-15(30)10-14(22(27,28)29)18(31-16)32-17/h6-9,13-20,31-34H,1-5,10,30H2/t13-,14?,15?,16?,17?,18?,19?,20?/m1/s1. The molecule has 8 atom stereocenters. The van der Waals surface area contributed by atoms with Crippen molar-refractivity contribution in [3.63, 3.8) is 0 Å². The van der Waals surface area contributed by atoms with Crippen molar-refractivity contribution in [1.82, 2.24) is 21.5 Å². The second kappa shape index (κ2) is 10.5. The molecule has 35 heavy (non-hydrogen) atoms. The second-order valence-corrected chi connectivity index (χ2v) is 9.54. The molecular formula is C22H30F7N5O. The van der Waals surface area contributed by atoms with Gasteiger partial charge in [0.1, 0.15) is 18.3 Å². The number of piperidine rings is 1. The molecule has 13 heteroatoms. The van der Waals surface area contributed by atoms with Gasteiger partial charge in [0, 0.05) is 12.1 Å². The van der Waals surface area contributed by atoms with Crippen LogP contribution < -0.4 is 27.2 Å². The van der Waals surface area contributed by atoms with Gasteiger partial charge in [0.15, 0.2) is 0 Å². The first-order chi connectivity index (χ1) is 16.4. The van der Waals surface area contributed by atoms with Crippen molar-refractivity contribution < 1.29 is 35.5 Å². The first kappa shape index (κ1) is 26.6. The molecule has 3 aliphatic rings. The fourth-order valence-corrected chi connectivity index (χ4v) is 5.22. The van der Waals surface area contributed by atoms with Gasteiger partial charge < -0.3 is 10.5 Å². The summed E-state index contributed by atoms with van der Waals surface area (Å²) in [6.45, 7) is 0. The number of alkyl halides is 6. The summed E-state index contributed by atoms with van der Waals surface area (Å²) in [4.78, 5) is 0. The van der Waals surface area contributed by atoms with Crippen molar-refractivity contribution >= 4 is 0 Å². The number of benzene rings is 1. The molecule has 6 nitrogen and oxygen atoms in total. The lowest BCUT2D eigenvalue weighted by molar-refractivity contribution is -0.215. The Morgan fingerprint density at radius 3 is 2.09 bits per heavy atom. The van der Waals surface area contributed by atoms with Gasteiger partial charge in [-0.2, -0.15) is 26.3 Å². The van der Waals surface area contributed by atoms with Crippen LogP contribution in [0.25, 0.3) is 0 Å². The van der Waals surface area contributed by atoms with Crippen molar-refractivity contribution in [3.05, 3.63) is 35.6 Å². The lowest BCUT2D eigenvalue weighted by Gasteiger charge is -2.45. The molecule has 1 aromatic rings. The van der Waals surface area contributed by atoms with E-state index in [1.165, 1.54) is 24.3 Å². The van der Waals surface area contributed by atoms with E-state index < -0.39 is 73.2 Å². The van der Waals surface area contributed by atoms with Crippen LogP contribution in [0.3, 0.4) is 0 Å². The number of nitrogens with one attached hydrogen (secondary N) is 4. The van der Waals surface area contributed by atoms with Crippen LogP contribution in [-0.2, 0) is 4.74 Å². The minimum absolute atomic E-state index is 0.160. The Labute approximate surface area is 198 Å². The maximum absolute atomic E-state index is 14.0. The number of hydrogen-bond acceptors (Lipinski definition) is 6. The fraction of sp³-hybridized carbons (Fsp3) is 0.727. The van der Waals surface area contributed by atoms with E-state index in [2.05, 4.69) is 21.5 Å². The molecule has 1 aromatic carbocycles. The fourth-order valence-electron chi connectivity index (χ4n) is 5.22. The zero-order chi connectivity index (χ0) is 25.4. The second-order valence-electron chi connectivity index (χ2n) is 9.54. The summed E-state index contributed by atoms with van der Waals surface area (Å²) < 4.78 is 102. The lowest BCUT2D eigenvalue weighted by Crippen LogP contribution is -2.69. The monoisotopic (exact) mass is 513 g/mol. The predicted octanol–water partition coefficient (Wildman–Crippen LogP) is 3.57. The number of hydrogen-bond donors (Lipinski definition) is 5. The summed E-state index contributed by atoms with van der Waals surface area (Å²) in [5.74, 6) is -4.10. The molecule has 3 fully saturated rings. The average Bonchev–Trinajstić information content (AvgIpc) is 3.23. The quantitative estimate of drug-likeness (QED) is 0.370. The van der Waals surface area contributed by atoms with Gasteiger partial charge in [-0.1, -0.05) is 31.4 Å². The Balaban J connectivity index is 1.64. The van der Waals surface area contributed by atoms with Crippen LogP contribution in [0.1, 0.15) is 50.1 Å². The maximum Gasteiger partial charge on any atom is 0.395 e. The largest absolute Gasteiger partial charge is 0.395 e. The molecule has 3 heterocycles. The van der Waals surface area contributed by atoms with Crippen LogP contribution in [0, 0.1) is 17.7 Å². The number of halogens is 7. The summed E-state index contributed by atoms with van der Waals surface area (Å²) in [6, 6.07) is 2.96. The van der Waals surface area contributed by atoms with Gasteiger partial charge in [-0.05, 0) is 37.0 Å². The Morgan fingerprint density at radius 1 is 0.800 bits per heavy atom. The molecule has 0 radical (unpaired) electrons. The highest BCUT2D eigenvalue weighted by molar-refractivity contribution is 5.20. The van der Waals surface area contributed by atoms with Gasteiger partial charge in [-0.25, -0.2) is 15.2 Å². The molecule has 0 amide bonds. The zero-order valence-electron chi connectivity index (χ0n) is 18.8. The summed E-state index contributed by atoms with van der Waals surface area (Å²) in [5.41, 5.74) is 11.8. The first-order valence-electron chi connectivity index (χ1n) is 11.8. The van der Waals surface area contributed by atoms with E-state index in [4.69, 9.17) is 10.5 Å². The van der Waals surface area contributed by atoms with Gasteiger partial charge in [0.2, 0.25) is 0 Å². The van der Waals surface area contributed by atoms with E-state index in [9.17, 15) is 30.7 Å². The molecule has 0 aromatic heterocycles. The van der Waals surface area contributed by atoms with E-state index >= 15 is 0 Å². The molecule has 6 N–H and O–H groups in total. The molecule has 0 aliphatic carbocycles. The Morgan fingerprint density at radius 2 is 1.43 bits per heavy atom. The van der Waals surface area contributed by atoms with Crippen molar-refractivity contribution in [2.75, 3.05) is 0 Å². The third kappa shape index (κ3) is 6.25. The molecule has 4 bridgehead atoms. The van der Waals surface area contributed by atoms with Crippen LogP contribution in [0.4, 0.5) is 30.7 Å². The smallest absolute Gasteiger partial charge is 0.340 e. The highest BCUT2D eigenvalue weighted by Crippen LogP contribution is 2.39. The van der Waals surface area contributed by atoms with Gasteiger partial charge in [-0.15, -0.1) is 0 Å². The van der Waals surface area contributed by atoms with Crippen LogP contribution in [0.15, 0.2) is 24.3 Å². The summed E-state index contributed by atoms with van der Waals surface area (Å²) in [6.07, 6.45) is -11.8. The lowest BCUT2D eigenvalue weighted by atomic mass is 9.85. The van der Waals surface area contributed by atoms with Crippen molar-refractivity contribution in [2.45, 2.75) is 87.6 Å². The van der Waals surface area contributed by atoms with Crippen LogP contribution in [-0.4, -0.2) is 43.1 Å². The molecule has 4 rings (SSSR count). The summed E-state index contributed by atoms with van der Waals surface area (Å²) in [5, 5.41) is 5.92. The molecule has 0 spiro atoms. The van der Waals surface area contributed by atoms with Crippen LogP contribution in [0.2, 0.25) is 0 Å². The molecule has 3 aliphatic heterocycles. The van der Waals surface area contributed by atoms with Crippen molar-refractivity contribution in [2.24, 2.45) is 17.6 Å². The van der Waals surface area contributed by atoms with Crippen LogP contribution >= 0.6 is 0 Å². The molecule has 198 valence electrons. The Kier molecular flexibility index (Phi) is 7.94. The van der Waals surface area contributed by atoms with E-state index in [-0.39, 0.29) is 12.8 Å². The number of rotatable bonds is 1. The number of nitrogens with two attached hydrogens (primary N) is 1. The minimum atomic E-state index is -4.57. The SMILES string of the molecule is NC1CC(C(F)(F)F)C2NC(c3ccc(F)cc3)CCCCC[C@@H](C(F)(F)F)C3NNC(O3)C1N2. The zero-order valence-corrected chi connectivity index (χ0v) is 18.8. The van der Waals surface area contributed by atoms with E-state index in [0.29, 0.717) is 24.8 Å². The summed E-state index contributed by atoms with van der Waals surface area (Å²) in [7, 11) is 0. The summed E-state index contributed by atoms with van der Waals surface area (Å²) >= 11 is 0. The molecule has 7 unspecified atom stereocenters. The van der Waals surface area contributed by atoms with Crippen molar-refractivity contribution in [1.29, 1.82) is 0 Å². The number of ether oxygens (including phenoxy) is 1. The highest BCUT2D eigenvalue weighted by atomic mass is 19.4. The minimum Gasteiger partial charge on any atom is -0.340 e. The van der Waals surface area contributed by atoms with Gasteiger partial charge in [0.25, 0.3) is 0 Å². The highest BCUT2D eigenvalue weighted by Gasteiger charge is 2.54. The number of hydrazine groups is 1. The number of fused-ring (bicyclic) bond motifs is 5. The van der Waals surface area contributed by atoms with Crippen molar-refractivity contribution in [3.8, 4) is 0 Å². The average molecular weight is 514 g/mol. The predicted molar refractivity (Wildman–Crippen MR) is 113 cm³/mol. The molecular weight excluding hydrogens is 483 g/mol. The molecule has 0 saturated carbocycles. The van der Waals surface area contributed by atoms with E-state index in [0.717, 1.165) is 0 Å². The van der Waals surface area contributed by atoms with Gasteiger partial charge in [0.05, 0.1) is 24.0 Å². The first-order valence-corrected chi connectivity index (χ1v) is 11.8. The van der Waals surface area contributed by atoms with E-state index in [1.807, 2.05) is 0 Å². The third-order valence-electron chi connectivity index (χ3n) is 7.12. The topological polar surface area (TPSA) is 83.4 Å². The normalized spacial score (nSPS) is 37.6. The Bertz CT molecular complexity index is 837. The van der Waals surface area contributed by atoms with Gasteiger partial charge in [-0.3, -0.25) is 10.6 Å². The van der Waals surface area contributed by atoms with Gasteiger partial charge >= 0.3 is 12.4 Å².